The van der Waals surface area contributed by atoms with Gasteiger partial charge in [0.05, 0.1) is 13.2 Å². The van der Waals surface area contributed by atoms with Crippen LogP contribution in [0.5, 0.6) is 5.75 Å². The Morgan fingerprint density at radius 2 is 1.55 bits per heavy atom. The molecule has 0 spiro atoms. The fourth-order valence-corrected chi connectivity index (χ4v) is 5.46. The Balaban J connectivity index is 1.42. The normalized spacial score (nSPS) is 15.6. The lowest BCUT2D eigenvalue weighted by Crippen LogP contribution is -2.52. The maximum Gasteiger partial charge on any atom is 0.243 e. The van der Waals surface area contributed by atoms with Gasteiger partial charge in [-0.2, -0.15) is 5.26 Å². The third-order valence-electron chi connectivity index (χ3n) is 7.60. The molecule has 1 aliphatic heterocycles. The first-order chi connectivity index (χ1) is 18.5. The molecule has 1 atom stereocenters. The van der Waals surface area contributed by atoms with E-state index in [1.54, 1.807) is 14.0 Å². The van der Waals surface area contributed by atoms with E-state index in [1.807, 2.05) is 47.4 Å². The SMILES string of the molecule is COc1ccccc1-c1ccc2ccccc2c1CC(C)(C#N)C(=O)N1CCN(Cc2ccccc2)CC1. The van der Waals surface area contributed by atoms with Crippen molar-refractivity contribution < 1.29 is 9.53 Å². The van der Waals surface area contributed by atoms with Crippen molar-refractivity contribution in [1.29, 1.82) is 5.26 Å². The number of benzene rings is 4. The molecule has 1 saturated heterocycles. The first kappa shape index (κ1) is 25.5. The van der Waals surface area contributed by atoms with Crippen molar-refractivity contribution in [2.24, 2.45) is 5.41 Å². The Morgan fingerprint density at radius 1 is 0.868 bits per heavy atom. The Bertz CT molecular complexity index is 1470. The number of amides is 1. The summed E-state index contributed by atoms with van der Waals surface area (Å²) in [7, 11) is 1.67. The molecule has 1 heterocycles. The number of carbonyl (C=O) groups is 1. The van der Waals surface area contributed by atoms with Gasteiger partial charge in [0, 0.05) is 44.7 Å². The predicted octanol–water partition coefficient (Wildman–Crippen LogP) is 5.93. The number of nitriles is 1. The molecule has 38 heavy (non-hydrogen) atoms. The molecule has 5 heteroatoms. The molecule has 5 nitrogen and oxygen atoms in total. The number of rotatable bonds is 7. The van der Waals surface area contributed by atoms with E-state index in [1.165, 1.54) is 5.56 Å². The number of ether oxygens (including phenoxy) is 1. The maximum atomic E-state index is 13.9. The molecule has 4 aromatic rings. The minimum Gasteiger partial charge on any atom is -0.496 e. The van der Waals surface area contributed by atoms with Gasteiger partial charge in [0.2, 0.25) is 5.91 Å². The van der Waals surface area contributed by atoms with E-state index in [4.69, 9.17) is 4.74 Å². The van der Waals surface area contributed by atoms with Crippen molar-refractivity contribution in [3.63, 3.8) is 0 Å². The smallest absolute Gasteiger partial charge is 0.243 e. The zero-order chi connectivity index (χ0) is 26.5. The highest BCUT2D eigenvalue weighted by Crippen LogP contribution is 2.39. The topological polar surface area (TPSA) is 56.6 Å². The molecule has 0 aromatic heterocycles. The third kappa shape index (κ3) is 5.14. The van der Waals surface area contributed by atoms with Crippen LogP contribution in [-0.4, -0.2) is 49.0 Å². The van der Waals surface area contributed by atoms with Crippen LogP contribution in [0, 0.1) is 16.7 Å². The molecule has 0 saturated carbocycles. The van der Waals surface area contributed by atoms with Crippen molar-refractivity contribution in [2.75, 3.05) is 33.3 Å². The molecule has 1 aliphatic rings. The van der Waals surface area contributed by atoms with Crippen LogP contribution >= 0.6 is 0 Å². The average Bonchev–Trinajstić information content (AvgIpc) is 2.98. The number of nitrogens with zero attached hydrogens (tertiary/aromatic N) is 3. The number of carbonyl (C=O) groups excluding carboxylic acids is 1. The van der Waals surface area contributed by atoms with Gasteiger partial charge in [-0.05, 0) is 40.5 Å². The van der Waals surface area contributed by atoms with Gasteiger partial charge in [-0.25, -0.2) is 0 Å². The quantitative estimate of drug-likeness (QED) is 0.314. The largest absolute Gasteiger partial charge is 0.496 e. The zero-order valence-corrected chi connectivity index (χ0v) is 22.1. The average molecular weight is 504 g/mol. The van der Waals surface area contributed by atoms with E-state index in [2.05, 4.69) is 59.5 Å². The molecule has 0 bridgehead atoms. The van der Waals surface area contributed by atoms with Crippen molar-refractivity contribution in [3.05, 3.63) is 102 Å². The van der Waals surface area contributed by atoms with Crippen LogP contribution in [0.3, 0.4) is 0 Å². The monoisotopic (exact) mass is 503 g/mol. The zero-order valence-electron chi connectivity index (χ0n) is 22.1. The van der Waals surface area contributed by atoms with Gasteiger partial charge < -0.3 is 9.64 Å². The molecular weight excluding hydrogens is 470 g/mol. The standard InChI is InChI=1S/C33H33N3O2/c1-33(24-34,32(37)36-20-18-35(19-21-36)23-25-10-4-3-5-11-25)22-30-27-13-7-6-12-26(27)16-17-28(30)29-14-8-9-15-31(29)38-2/h3-17H,18-23H2,1-2H3. The van der Waals surface area contributed by atoms with E-state index in [-0.39, 0.29) is 5.91 Å². The number of para-hydroxylation sites is 1. The Labute approximate surface area is 224 Å². The summed E-state index contributed by atoms with van der Waals surface area (Å²) in [5.74, 6) is 0.668. The number of hydrogen-bond donors (Lipinski definition) is 0. The van der Waals surface area contributed by atoms with Gasteiger partial charge in [0.25, 0.3) is 0 Å². The maximum absolute atomic E-state index is 13.9. The van der Waals surface area contributed by atoms with Crippen LogP contribution < -0.4 is 4.74 Å². The number of hydrogen-bond acceptors (Lipinski definition) is 4. The summed E-state index contributed by atoms with van der Waals surface area (Å²) < 4.78 is 5.67. The summed E-state index contributed by atoms with van der Waals surface area (Å²) in [6, 6.07) is 33.1. The van der Waals surface area contributed by atoms with Crippen LogP contribution in [0.15, 0.2) is 91.0 Å². The molecular formula is C33H33N3O2. The molecule has 1 fully saturated rings. The lowest BCUT2D eigenvalue weighted by molar-refractivity contribution is -0.140. The number of fused-ring (bicyclic) bond motifs is 1. The highest BCUT2D eigenvalue weighted by atomic mass is 16.5. The fourth-order valence-electron chi connectivity index (χ4n) is 5.46. The second-order valence-corrected chi connectivity index (χ2v) is 10.2. The summed E-state index contributed by atoms with van der Waals surface area (Å²) in [5, 5.41) is 12.5. The van der Waals surface area contributed by atoms with E-state index < -0.39 is 5.41 Å². The summed E-state index contributed by atoms with van der Waals surface area (Å²) in [6.07, 6.45) is 0.321. The minimum atomic E-state index is -1.19. The Kier molecular flexibility index (Phi) is 7.44. The molecule has 0 radical (unpaired) electrons. The molecule has 1 amide bonds. The van der Waals surface area contributed by atoms with Crippen molar-refractivity contribution in [1.82, 2.24) is 9.80 Å². The highest BCUT2D eigenvalue weighted by molar-refractivity contribution is 5.94. The fraction of sp³-hybridized carbons (Fsp3) is 0.273. The minimum absolute atomic E-state index is 0.0988. The van der Waals surface area contributed by atoms with E-state index >= 15 is 0 Å². The summed E-state index contributed by atoms with van der Waals surface area (Å²) in [5.41, 5.74) is 3.02. The molecule has 0 aliphatic carbocycles. The van der Waals surface area contributed by atoms with Crippen LogP contribution in [-0.2, 0) is 17.8 Å². The van der Waals surface area contributed by atoms with Gasteiger partial charge in [-0.3, -0.25) is 9.69 Å². The molecule has 0 N–H and O–H groups in total. The molecule has 5 rings (SSSR count). The number of piperazine rings is 1. The van der Waals surface area contributed by atoms with Crippen molar-refractivity contribution in [2.45, 2.75) is 19.9 Å². The molecule has 1 unspecified atom stereocenters. The number of methoxy groups -OCH3 is 1. The van der Waals surface area contributed by atoms with Gasteiger partial charge >= 0.3 is 0 Å². The van der Waals surface area contributed by atoms with Crippen LogP contribution in [0.1, 0.15) is 18.1 Å². The second-order valence-electron chi connectivity index (χ2n) is 10.2. The van der Waals surface area contributed by atoms with E-state index in [0.717, 1.165) is 52.8 Å². The predicted molar refractivity (Wildman–Crippen MR) is 152 cm³/mol. The van der Waals surface area contributed by atoms with Gasteiger partial charge in [-0.15, -0.1) is 0 Å². The van der Waals surface area contributed by atoms with Gasteiger partial charge in [0.15, 0.2) is 0 Å². The van der Waals surface area contributed by atoms with Crippen molar-refractivity contribution >= 4 is 16.7 Å². The highest BCUT2D eigenvalue weighted by Gasteiger charge is 2.39. The lowest BCUT2D eigenvalue weighted by atomic mass is 9.79. The van der Waals surface area contributed by atoms with E-state index in [9.17, 15) is 10.1 Å². The molecule has 4 aromatic carbocycles. The first-order valence-electron chi connectivity index (χ1n) is 13.1. The second kappa shape index (κ2) is 11.1. The van der Waals surface area contributed by atoms with Crippen LogP contribution in [0.4, 0.5) is 0 Å². The van der Waals surface area contributed by atoms with Crippen LogP contribution in [0.25, 0.3) is 21.9 Å². The summed E-state index contributed by atoms with van der Waals surface area (Å²) in [4.78, 5) is 18.1. The summed E-state index contributed by atoms with van der Waals surface area (Å²) >= 11 is 0. The lowest BCUT2D eigenvalue weighted by Gasteiger charge is -2.38. The Hall–Kier alpha value is -4.14. The summed E-state index contributed by atoms with van der Waals surface area (Å²) in [6.45, 7) is 5.50. The first-order valence-corrected chi connectivity index (χ1v) is 13.1. The van der Waals surface area contributed by atoms with Gasteiger partial charge in [0.1, 0.15) is 11.2 Å². The molecule has 192 valence electrons. The third-order valence-corrected chi connectivity index (χ3v) is 7.60. The van der Waals surface area contributed by atoms with Crippen LogP contribution in [0.2, 0.25) is 0 Å². The van der Waals surface area contributed by atoms with Gasteiger partial charge in [-0.1, -0.05) is 84.9 Å². The van der Waals surface area contributed by atoms with E-state index in [0.29, 0.717) is 19.5 Å². The van der Waals surface area contributed by atoms with Crippen molar-refractivity contribution in [3.8, 4) is 22.9 Å². The Morgan fingerprint density at radius 3 is 2.29 bits per heavy atom.